The Morgan fingerprint density at radius 1 is 1.25 bits per heavy atom. The Morgan fingerprint density at radius 3 is 2.50 bits per heavy atom. The smallest absolute Gasteiger partial charge is 0.255 e. The molecule has 0 radical (unpaired) electrons. The highest BCUT2D eigenvalue weighted by Crippen LogP contribution is 2.14. The topological polar surface area (TPSA) is 49.6 Å². The summed E-state index contributed by atoms with van der Waals surface area (Å²) in [6.07, 6.45) is 3.24. The number of anilines is 1. The average Bonchev–Trinajstić information content (AvgIpc) is 2.83. The van der Waals surface area contributed by atoms with Crippen LogP contribution in [0.5, 0.6) is 0 Å². The maximum atomic E-state index is 12.3. The van der Waals surface area contributed by atoms with Gasteiger partial charge >= 0.3 is 0 Å². The second-order valence-corrected chi connectivity index (χ2v) is 4.96. The van der Waals surface area contributed by atoms with Gasteiger partial charge in [0.25, 0.3) is 5.91 Å². The summed E-state index contributed by atoms with van der Waals surface area (Å²) < 4.78 is 5.24. The van der Waals surface area contributed by atoms with Crippen molar-refractivity contribution in [1.82, 2.24) is 9.88 Å². The van der Waals surface area contributed by atoms with E-state index in [9.17, 15) is 4.79 Å². The van der Waals surface area contributed by atoms with E-state index in [1.807, 2.05) is 38.1 Å². The second kappa shape index (κ2) is 5.77. The number of rotatable bonds is 4. The molecule has 0 aromatic carbocycles. The Bertz CT molecular complexity index is 587. The molecule has 0 fully saturated rings. The zero-order valence-electron chi connectivity index (χ0n) is 12.3. The van der Waals surface area contributed by atoms with Crippen molar-refractivity contribution in [1.29, 1.82) is 0 Å². The molecule has 5 heteroatoms. The lowest BCUT2D eigenvalue weighted by atomic mass is 10.2. The first-order chi connectivity index (χ1) is 9.49. The Balaban J connectivity index is 2.08. The first-order valence-electron chi connectivity index (χ1n) is 6.41. The Morgan fingerprint density at radius 2 is 2.00 bits per heavy atom. The number of furan rings is 1. The largest absolute Gasteiger partial charge is 0.469 e. The highest BCUT2D eigenvalue weighted by molar-refractivity contribution is 5.93. The molecule has 2 aromatic rings. The molecule has 0 aliphatic carbocycles. The summed E-state index contributed by atoms with van der Waals surface area (Å²) in [5, 5.41) is 0. The van der Waals surface area contributed by atoms with Gasteiger partial charge in [-0.05, 0) is 25.1 Å². The standard InChI is InChI=1S/C15H19N3O2/c1-11-13(7-8-20-11)10-18(4)15(19)12-5-6-14(16-9-12)17(2)3/h5-9H,10H2,1-4H3. The molecule has 5 nitrogen and oxygen atoms in total. The van der Waals surface area contributed by atoms with Gasteiger partial charge in [-0.15, -0.1) is 0 Å². The SMILES string of the molecule is Cc1occc1CN(C)C(=O)c1ccc(N(C)C)nc1. The number of pyridine rings is 1. The van der Waals surface area contributed by atoms with Crippen molar-refractivity contribution < 1.29 is 9.21 Å². The molecule has 0 atom stereocenters. The highest BCUT2D eigenvalue weighted by Gasteiger charge is 2.14. The van der Waals surface area contributed by atoms with E-state index in [4.69, 9.17) is 4.42 Å². The average molecular weight is 273 g/mol. The minimum absolute atomic E-state index is 0.0524. The quantitative estimate of drug-likeness (QED) is 0.858. The van der Waals surface area contributed by atoms with Crippen LogP contribution in [0.1, 0.15) is 21.7 Å². The van der Waals surface area contributed by atoms with E-state index in [0.717, 1.165) is 17.1 Å². The van der Waals surface area contributed by atoms with Gasteiger partial charge in [0.15, 0.2) is 0 Å². The van der Waals surface area contributed by atoms with Gasteiger partial charge in [-0.1, -0.05) is 0 Å². The van der Waals surface area contributed by atoms with Crippen LogP contribution in [0.15, 0.2) is 35.1 Å². The number of aromatic nitrogens is 1. The zero-order chi connectivity index (χ0) is 14.7. The van der Waals surface area contributed by atoms with E-state index in [1.54, 1.807) is 30.5 Å². The molecular formula is C15H19N3O2. The number of nitrogens with zero attached hydrogens (tertiary/aromatic N) is 3. The van der Waals surface area contributed by atoms with Crippen LogP contribution in [0, 0.1) is 6.92 Å². The minimum atomic E-state index is -0.0524. The molecule has 2 rings (SSSR count). The predicted octanol–water partition coefficient (Wildman–Crippen LogP) is 2.32. The van der Waals surface area contributed by atoms with Crippen LogP contribution in [0.4, 0.5) is 5.82 Å². The lowest BCUT2D eigenvalue weighted by molar-refractivity contribution is 0.0784. The first kappa shape index (κ1) is 14.1. The Labute approximate surface area is 118 Å². The van der Waals surface area contributed by atoms with E-state index in [2.05, 4.69) is 4.98 Å². The van der Waals surface area contributed by atoms with E-state index in [-0.39, 0.29) is 5.91 Å². The summed E-state index contributed by atoms with van der Waals surface area (Å²) in [7, 11) is 5.60. The fourth-order valence-corrected chi connectivity index (χ4v) is 1.90. The maximum Gasteiger partial charge on any atom is 0.255 e. The van der Waals surface area contributed by atoms with Gasteiger partial charge in [0.05, 0.1) is 11.8 Å². The van der Waals surface area contributed by atoms with Crippen molar-refractivity contribution in [2.75, 3.05) is 26.0 Å². The zero-order valence-corrected chi connectivity index (χ0v) is 12.3. The minimum Gasteiger partial charge on any atom is -0.469 e. The van der Waals surface area contributed by atoms with Crippen molar-refractivity contribution >= 4 is 11.7 Å². The van der Waals surface area contributed by atoms with E-state index >= 15 is 0 Å². The van der Waals surface area contributed by atoms with E-state index < -0.39 is 0 Å². The second-order valence-electron chi connectivity index (χ2n) is 4.96. The van der Waals surface area contributed by atoms with Crippen molar-refractivity contribution in [2.45, 2.75) is 13.5 Å². The van der Waals surface area contributed by atoms with Crippen LogP contribution in [0.25, 0.3) is 0 Å². The fraction of sp³-hybridized carbons (Fsp3) is 0.333. The highest BCUT2D eigenvalue weighted by atomic mass is 16.3. The molecule has 0 saturated heterocycles. The molecule has 106 valence electrons. The van der Waals surface area contributed by atoms with Crippen molar-refractivity contribution in [3.8, 4) is 0 Å². The summed E-state index contributed by atoms with van der Waals surface area (Å²) in [4.78, 5) is 20.1. The Hall–Kier alpha value is -2.30. The van der Waals surface area contributed by atoms with Crippen LogP contribution in [-0.2, 0) is 6.54 Å². The molecule has 0 aliphatic rings. The lowest BCUT2D eigenvalue weighted by Crippen LogP contribution is -2.26. The number of amides is 1. The lowest BCUT2D eigenvalue weighted by Gasteiger charge is -2.17. The van der Waals surface area contributed by atoms with Gasteiger partial charge in [0.2, 0.25) is 0 Å². The number of carbonyl (C=O) groups is 1. The molecule has 0 N–H and O–H groups in total. The van der Waals surface area contributed by atoms with Crippen molar-refractivity contribution in [2.24, 2.45) is 0 Å². The molecule has 0 spiro atoms. The molecule has 0 aliphatic heterocycles. The van der Waals surface area contributed by atoms with Crippen LogP contribution < -0.4 is 4.90 Å². The summed E-state index contributed by atoms with van der Waals surface area (Å²) in [5.74, 6) is 1.61. The van der Waals surface area contributed by atoms with E-state index in [0.29, 0.717) is 12.1 Å². The molecule has 0 saturated carbocycles. The van der Waals surface area contributed by atoms with Gasteiger partial charge in [0, 0.05) is 39.4 Å². The Kier molecular flexibility index (Phi) is 4.08. The fourth-order valence-electron chi connectivity index (χ4n) is 1.90. The summed E-state index contributed by atoms with van der Waals surface area (Å²) in [6.45, 7) is 2.41. The van der Waals surface area contributed by atoms with Crippen molar-refractivity contribution in [3.63, 3.8) is 0 Å². The van der Waals surface area contributed by atoms with Gasteiger partial charge in [-0.3, -0.25) is 4.79 Å². The number of aryl methyl sites for hydroxylation is 1. The molecule has 0 unspecified atom stereocenters. The third-order valence-corrected chi connectivity index (χ3v) is 3.17. The maximum absolute atomic E-state index is 12.3. The van der Waals surface area contributed by atoms with Crippen LogP contribution in [0.3, 0.4) is 0 Å². The van der Waals surface area contributed by atoms with Crippen molar-refractivity contribution in [3.05, 3.63) is 47.5 Å². The molecule has 2 heterocycles. The predicted molar refractivity (Wildman–Crippen MR) is 77.8 cm³/mol. The summed E-state index contributed by atoms with van der Waals surface area (Å²) in [5.41, 5.74) is 1.60. The van der Waals surface area contributed by atoms with Crippen LogP contribution in [0.2, 0.25) is 0 Å². The third kappa shape index (κ3) is 2.99. The molecule has 20 heavy (non-hydrogen) atoms. The molecular weight excluding hydrogens is 254 g/mol. The summed E-state index contributed by atoms with van der Waals surface area (Å²) >= 11 is 0. The third-order valence-electron chi connectivity index (χ3n) is 3.17. The molecule has 2 aromatic heterocycles. The van der Waals surface area contributed by atoms with Gasteiger partial charge in [0.1, 0.15) is 11.6 Å². The number of carbonyl (C=O) groups excluding carboxylic acids is 1. The molecule has 1 amide bonds. The monoisotopic (exact) mass is 273 g/mol. The van der Waals surface area contributed by atoms with E-state index in [1.165, 1.54) is 0 Å². The van der Waals surface area contributed by atoms with Gasteiger partial charge in [-0.2, -0.15) is 0 Å². The number of hydrogen-bond acceptors (Lipinski definition) is 4. The van der Waals surface area contributed by atoms with Crippen LogP contribution >= 0.6 is 0 Å². The molecule has 0 bridgehead atoms. The normalized spacial score (nSPS) is 10.4. The van der Waals surface area contributed by atoms with Gasteiger partial charge < -0.3 is 14.2 Å². The first-order valence-corrected chi connectivity index (χ1v) is 6.41. The number of hydrogen-bond donors (Lipinski definition) is 0. The van der Waals surface area contributed by atoms with Crippen LogP contribution in [-0.4, -0.2) is 36.9 Å². The van der Waals surface area contributed by atoms with Gasteiger partial charge in [-0.25, -0.2) is 4.98 Å². The summed E-state index contributed by atoms with van der Waals surface area (Å²) in [6, 6.07) is 5.51.